The summed E-state index contributed by atoms with van der Waals surface area (Å²) in [4.78, 5) is 16.6. The van der Waals surface area contributed by atoms with Gasteiger partial charge in [-0.25, -0.2) is 4.98 Å². The van der Waals surface area contributed by atoms with E-state index in [0.717, 1.165) is 26.4 Å². The van der Waals surface area contributed by atoms with Crippen molar-refractivity contribution in [2.75, 3.05) is 5.75 Å². The fourth-order valence-corrected chi connectivity index (χ4v) is 3.20. The van der Waals surface area contributed by atoms with Crippen LogP contribution in [0.5, 0.6) is 0 Å². The van der Waals surface area contributed by atoms with E-state index < -0.39 is 0 Å². The molecule has 0 amide bonds. The lowest BCUT2D eigenvalue weighted by Crippen LogP contribution is -2.25. The monoisotopic (exact) mass is 296 g/mol. The number of imidazole rings is 1. The molecule has 3 rings (SSSR count). The average molecular weight is 297 g/mol. The van der Waals surface area contributed by atoms with Gasteiger partial charge in [0.15, 0.2) is 5.16 Å². The number of carbonyl (C=O) groups excluding carboxylic acids is 1. The molecule has 16 heavy (non-hydrogen) atoms. The highest BCUT2D eigenvalue weighted by Gasteiger charge is 2.27. The van der Waals surface area contributed by atoms with Crippen LogP contribution < -0.4 is 0 Å². The Morgan fingerprint density at radius 3 is 3.19 bits per heavy atom. The molecule has 3 nitrogen and oxygen atoms in total. The predicted molar refractivity (Wildman–Crippen MR) is 67.9 cm³/mol. The molecule has 0 saturated carbocycles. The van der Waals surface area contributed by atoms with Crippen molar-refractivity contribution in [3.63, 3.8) is 0 Å². The van der Waals surface area contributed by atoms with E-state index in [9.17, 15) is 4.79 Å². The molecule has 1 aliphatic rings. The van der Waals surface area contributed by atoms with Crippen molar-refractivity contribution in [2.24, 2.45) is 5.92 Å². The molecule has 0 bridgehead atoms. The summed E-state index contributed by atoms with van der Waals surface area (Å²) in [7, 11) is 0. The van der Waals surface area contributed by atoms with Gasteiger partial charge >= 0.3 is 0 Å². The van der Waals surface area contributed by atoms with Gasteiger partial charge in [0.2, 0.25) is 5.91 Å². The van der Waals surface area contributed by atoms with Gasteiger partial charge in [0.1, 0.15) is 0 Å². The van der Waals surface area contributed by atoms with Crippen molar-refractivity contribution in [3.05, 3.63) is 22.7 Å². The van der Waals surface area contributed by atoms with Crippen molar-refractivity contribution in [2.45, 2.75) is 12.1 Å². The maximum absolute atomic E-state index is 12.1. The van der Waals surface area contributed by atoms with Crippen LogP contribution in [-0.2, 0) is 0 Å². The summed E-state index contributed by atoms with van der Waals surface area (Å²) in [6.45, 7) is 1.96. The van der Waals surface area contributed by atoms with E-state index in [1.165, 1.54) is 0 Å². The summed E-state index contributed by atoms with van der Waals surface area (Å²) in [6, 6.07) is 5.82. The van der Waals surface area contributed by atoms with Crippen LogP contribution in [0.2, 0.25) is 0 Å². The van der Waals surface area contributed by atoms with Gasteiger partial charge in [0, 0.05) is 16.1 Å². The Morgan fingerprint density at radius 1 is 1.56 bits per heavy atom. The van der Waals surface area contributed by atoms with Crippen molar-refractivity contribution in [3.8, 4) is 0 Å². The minimum absolute atomic E-state index is 0.0638. The number of hydrogen-bond donors (Lipinski definition) is 0. The fourth-order valence-electron chi connectivity index (χ4n) is 1.83. The number of benzene rings is 1. The lowest BCUT2D eigenvalue weighted by atomic mass is 10.2. The largest absolute Gasteiger partial charge is 0.274 e. The molecule has 0 radical (unpaired) electrons. The van der Waals surface area contributed by atoms with Crippen LogP contribution in [0.15, 0.2) is 27.8 Å². The second kappa shape index (κ2) is 3.60. The summed E-state index contributed by atoms with van der Waals surface area (Å²) in [6.07, 6.45) is 0. The van der Waals surface area contributed by atoms with Gasteiger partial charge in [-0.2, -0.15) is 0 Å². The molecule has 0 aliphatic carbocycles. The Labute approximate surface area is 105 Å². The first-order valence-electron chi connectivity index (χ1n) is 5.02. The lowest BCUT2D eigenvalue weighted by Gasteiger charge is -2.18. The average Bonchev–Trinajstić information content (AvgIpc) is 2.62. The topological polar surface area (TPSA) is 34.9 Å². The number of rotatable bonds is 0. The van der Waals surface area contributed by atoms with Gasteiger partial charge in [-0.1, -0.05) is 34.6 Å². The fraction of sp³-hybridized carbons (Fsp3) is 0.273. The number of carbonyl (C=O) groups is 1. The molecule has 2 aromatic rings. The molecule has 0 spiro atoms. The molecule has 1 unspecified atom stereocenters. The SMILES string of the molecule is CC1CSc2nc3ccc(Br)cc3n2C1=O. The molecule has 2 heterocycles. The summed E-state index contributed by atoms with van der Waals surface area (Å²) in [5.74, 6) is 1.03. The zero-order valence-corrected chi connectivity index (χ0v) is 11.0. The Balaban J connectivity index is 2.34. The quantitative estimate of drug-likeness (QED) is 0.749. The minimum atomic E-state index is 0.0638. The highest BCUT2D eigenvalue weighted by atomic mass is 79.9. The first kappa shape index (κ1) is 10.4. The Kier molecular flexibility index (Phi) is 2.33. The smallest absolute Gasteiger partial charge is 0.236 e. The number of thioether (sulfide) groups is 1. The molecule has 82 valence electrons. The van der Waals surface area contributed by atoms with E-state index in [0.29, 0.717) is 0 Å². The number of aromatic nitrogens is 2. The van der Waals surface area contributed by atoms with E-state index in [1.807, 2.05) is 25.1 Å². The molecule has 0 saturated heterocycles. The zero-order chi connectivity index (χ0) is 11.3. The van der Waals surface area contributed by atoms with Gasteiger partial charge in [-0.3, -0.25) is 9.36 Å². The Morgan fingerprint density at radius 2 is 2.38 bits per heavy atom. The molecule has 1 aliphatic heterocycles. The summed E-state index contributed by atoms with van der Waals surface area (Å²) in [5, 5.41) is 0.816. The second-order valence-electron chi connectivity index (χ2n) is 3.91. The summed E-state index contributed by atoms with van der Waals surface area (Å²) >= 11 is 5.07. The zero-order valence-electron chi connectivity index (χ0n) is 8.61. The highest BCUT2D eigenvalue weighted by Crippen LogP contribution is 2.32. The number of nitrogens with zero attached hydrogens (tertiary/aromatic N) is 2. The van der Waals surface area contributed by atoms with E-state index in [2.05, 4.69) is 20.9 Å². The van der Waals surface area contributed by atoms with E-state index in [1.54, 1.807) is 16.3 Å². The van der Waals surface area contributed by atoms with Gasteiger partial charge in [-0.05, 0) is 18.2 Å². The van der Waals surface area contributed by atoms with Crippen LogP contribution in [0.1, 0.15) is 11.7 Å². The minimum Gasteiger partial charge on any atom is -0.274 e. The van der Waals surface area contributed by atoms with Crippen molar-refractivity contribution >= 4 is 44.6 Å². The van der Waals surface area contributed by atoms with Crippen LogP contribution in [0.25, 0.3) is 11.0 Å². The molecule has 1 atom stereocenters. The van der Waals surface area contributed by atoms with Gasteiger partial charge in [-0.15, -0.1) is 0 Å². The van der Waals surface area contributed by atoms with Gasteiger partial charge in [0.05, 0.1) is 11.0 Å². The van der Waals surface area contributed by atoms with Crippen molar-refractivity contribution < 1.29 is 4.79 Å². The van der Waals surface area contributed by atoms with Crippen LogP contribution >= 0.6 is 27.7 Å². The van der Waals surface area contributed by atoms with E-state index >= 15 is 0 Å². The highest BCUT2D eigenvalue weighted by molar-refractivity contribution is 9.10. The summed E-state index contributed by atoms with van der Waals surface area (Å²) < 4.78 is 2.71. The molecular weight excluding hydrogens is 288 g/mol. The molecule has 1 aromatic heterocycles. The standard InChI is InChI=1S/C11H9BrN2OS/c1-6-5-16-11-13-8-3-2-7(12)4-9(8)14(11)10(6)15/h2-4,6H,5H2,1H3. The van der Waals surface area contributed by atoms with Gasteiger partial charge in [0.25, 0.3) is 0 Å². The van der Waals surface area contributed by atoms with Gasteiger partial charge < -0.3 is 0 Å². The number of hydrogen-bond acceptors (Lipinski definition) is 3. The molecule has 1 aromatic carbocycles. The molecule has 0 fully saturated rings. The number of halogens is 1. The van der Waals surface area contributed by atoms with Crippen LogP contribution in [0.4, 0.5) is 0 Å². The van der Waals surface area contributed by atoms with Crippen LogP contribution in [0, 0.1) is 5.92 Å². The normalized spacial score (nSPS) is 20.1. The molecular formula is C11H9BrN2OS. The maximum Gasteiger partial charge on any atom is 0.236 e. The summed E-state index contributed by atoms with van der Waals surface area (Å²) in [5.41, 5.74) is 1.78. The van der Waals surface area contributed by atoms with Crippen molar-refractivity contribution in [1.29, 1.82) is 0 Å². The number of fused-ring (bicyclic) bond motifs is 3. The van der Waals surface area contributed by atoms with E-state index in [4.69, 9.17) is 0 Å². The lowest BCUT2D eigenvalue weighted by molar-refractivity contribution is 0.0847. The van der Waals surface area contributed by atoms with Crippen LogP contribution in [0.3, 0.4) is 0 Å². The second-order valence-corrected chi connectivity index (χ2v) is 5.82. The Bertz CT molecular complexity index is 593. The first-order chi connectivity index (χ1) is 7.66. The third-order valence-corrected chi connectivity index (χ3v) is 4.38. The predicted octanol–water partition coefficient (Wildman–Crippen LogP) is 3.18. The van der Waals surface area contributed by atoms with Crippen LogP contribution in [-0.4, -0.2) is 21.2 Å². The Hall–Kier alpha value is -0.810. The molecule has 5 heteroatoms. The van der Waals surface area contributed by atoms with E-state index in [-0.39, 0.29) is 11.8 Å². The molecule has 0 N–H and O–H groups in total. The maximum atomic E-state index is 12.1. The third kappa shape index (κ3) is 1.42. The first-order valence-corrected chi connectivity index (χ1v) is 6.79. The van der Waals surface area contributed by atoms with Crippen molar-refractivity contribution in [1.82, 2.24) is 9.55 Å². The third-order valence-electron chi connectivity index (χ3n) is 2.69.